The van der Waals surface area contributed by atoms with Crippen molar-refractivity contribution >= 4 is 17.8 Å². The monoisotopic (exact) mass is 325 g/mol. The summed E-state index contributed by atoms with van der Waals surface area (Å²) in [7, 11) is 1.70. The minimum Gasteiger partial charge on any atom is -0.385 e. The van der Waals surface area contributed by atoms with Crippen molar-refractivity contribution in [1.82, 2.24) is 15.1 Å². The summed E-state index contributed by atoms with van der Waals surface area (Å²) in [5.74, 6) is 0.277. The zero-order valence-corrected chi connectivity index (χ0v) is 14.0. The van der Waals surface area contributed by atoms with E-state index in [1.54, 1.807) is 7.11 Å². The quantitative estimate of drug-likeness (QED) is 0.708. The molecule has 0 aromatic carbocycles. The van der Waals surface area contributed by atoms with Crippen LogP contribution in [0.5, 0.6) is 0 Å². The highest BCUT2D eigenvalue weighted by atomic mass is 16.5. The highest BCUT2D eigenvalue weighted by Crippen LogP contribution is 2.21. The van der Waals surface area contributed by atoms with E-state index in [1.807, 2.05) is 11.8 Å². The van der Waals surface area contributed by atoms with Gasteiger partial charge in [0.2, 0.25) is 5.91 Å². The van der Waals surface area contributed by atoms with Gasteiger partial charge >= 0.3 is 6.03 Å². The fourth-order valence-electron chi connectivity index (χ4n) is 3.21. The van der Waals surface area contributed by atoms with Crippen LogP contribution in [-0.4, -0.2) is 67.0 Å². The summed E-state index contributed by atoms with van der Waals surface area (Å²) >= 11 is 0. The molecule has 0 aliphatic carbocycles. The number of nitrogens with one attached hydrogen (secondary N) is 1. The number of imide groups is 1. The lowest BCUT2D eigenvalue weighted by Crippen LogP contribution is -2.42. The minimum absolute atomic E-state index is 0.0489. The molecule has 2 aliphatic heterocycles. The van der Waals surface area contributed by atoms with Crippen molar-refractivity contribution in [3.63, 3.8) is 0 Å². The molecule has 2 heterocycles. The summed E-state index contributed by atoms with van der Waals surface area (Å²) in [6, 6.07) is -1.08. The van der Waals surface area contributed by atoms with Gasteiger partial charge in [-0.25, -0.2) is 4.79 Å². The minimum atomic E-state index is -0.701. The Kier molecular flexibility index (Phi) is 6.38. The number of amides is 4. The van der Waals surface area contributed by atoms with Crippen LogP contribution < -0.4 is 5.32 Å². The number of rotatable bonds is 7. The third kappa shape index (κ3) is 4.43. The first-order valence-electron chi connectivity index (χ1n) is 8.45. The molecule has 130 valence electrons. The second-order valence-corrected chi connectivity index (χ2v) is 6.30. The van der Waals surface area contributed by atoms with Crippen LogP contribution in [-0.2, 0) is 14.3 Å². The van der Waals surface area contributed by atoms with E-state index in [2.05, 4.69) is 5.32 Å². The fraction of sp³-hybridized carbons (Fsp3) is 0.812. The van der Waals surface area contributed by atoms with Gasteiger partial charge in [0, 0.05) is 33.4 Å². The molecule has 7 nitrogen and oxygen atoms in total. The van der Waals surface area contributed by atoms with Gasteiger partial charge in [-0.3, -0.25) is 14.5 Å². The van der Waals surface area contributed by atoms with Crippen molar-refractivity contribution in [3.8, 4) is 0 Å². The molecule has 0 saturated carbocycles. The number of piperidine rings is 1. The van der Waals surface area contributed by atoms with Gasteiger partial charge in [-0.2, -0.15) is 0 Å². The van der Waals surface area contributed by atoms with Gasteiger partial charge in [0.25, 0.3) is 5.91 Å². The first kappa shape index (κ1) is 17.7. The van der Waals surface area contributed by atoms with Gasteiger partial charge in [0.1, 0.15) is 6.04 Å². The Morgan fingerprint density at radius 1 is 1.30 bits per heavy atom. The summed E-state index contributed by atoms with van der Waals surface area (Å²) in [6.07, 6.45) is 3.76. The maximum atomic E-state index is 12.4. The molecule has 4 amide bonds. The van der Waals surface area contributed by atoms with Gasteiger partial charge in [-0.05, 0) is 31.6 Å². The number of hydrogen-bond acceptors (Lipinski definition) is 4. The van der Waals surface area contributed by atoms with Crippen LogP contribution >= 0.6 is 0 Å². The van der Waals surface area contributed by atoms with E-state index >= 15 is 0 Å². The highest BCUT2D eigenvalue weighted by Gasteiger charge is 2.39. The molecule has 0 radical (unpaired) electrons. The predicted molar refractivity (Wildman–Crippen MR) is 84.7 cm³/mol. The van der Waals surface area contributed by atoms with E-state index in [1.165, 1.54) is 4.90 Å². The van der Waals surface area contributed by atoms with Crippen LogP contribution in [0.1, 0.15) is 39.0 Å². The molecule has 0 aromatic rings. The molecule has 2 aliphatic rings. The van der Waals surface area contributed by atoms with Crippen molar-refractivity contribution in [2.75, 3.05) is 33.4 Å². The van der Waals surface area contributed by atoms with Crippen molar-refractivity contribution < 1.29 is 19.1 Å². The molecular formula is C16H27N3O4. The van der Waals surface area contributed by atoms with Crippen LogP contribution in [0.25, 0.3) is 0 Å². The van der Waals surface area contributed by atoms with E-state index < -0.39 is 6.04 Å². The van der Waals surface area contributed by atoms with Crippen molar-refractivity contribution in [1.29, 1.82) is 0 Å². The summed E-state index contributed by atoms with van der Waals surface area (Å²) in [5, 5.41) is 2.62. The second kappa shape index (κ2) is 8.29. The van der Waals surface area contributed by atoms with Crippen LogP contribution in [0.15, 0.2) is 0 Å². The Labute approximate surface area is 137 Å². The fourth-order valence-corrected chi connectivity index (χ4v) is 3.21. The predicted octanol–water partition coefficient (Wildman–Crippen LogP) is 0.982. The molecule has 1 atom stereocenters. The lowest BCUT2D eigenvalue weighted by molar-refractivity contribution is -0.136. The van der Waals surface area contributed by atoms with E-state index in [4.69, 9.17) is 4.74 Å². The zero-order chi connectivity index (χ0) is 16.8. The molecule has 2 fully saturated rings. The average molecular weight is 325 g/mol. The summed E-state index contributed by atoms with van der Waals surface area (Å²) in [6.45, 7) is 4.52. The number of nitrogens with zero attached hydrogens (tertiary/aromatic N) is 2. The second-order valence-electron chi connectivity index (χ2n) is 6.30. The number of ether oxygens (including phenoxy) is 1. The number of hydrogen-bond donors (Lipinski definition) is 1. The lowest BCUT2D eigenvalue weighted by Gasteiger charge is -2.32. The van der Waals surface area contributed by atoms with Gasteiger partial charge in [0.15, 0.2) is 0 Å². The average Bonchev–Trinajstić information content (AvgIpc) is 2.81. The largest absolute Gasteiger partial charge is 0.385 e. The standard InChI is InChI=1S/C16H27N3O4/c1-3-7-19-15(21)13(17-16(19)22)11-14(20)18-8-4-12(5-9-18)6-10-23-2/h12-13H,3-11H2,1-2H3,(H,17,22). The number of carbonyl (C=O) groups excluding carboxylic acids is 3. The number of urea groups is 1. The lowest BCUT2D eigenvalue weighted by atomic mass is 9.93. The summed E-state index contributed by atoms with van der Waals surface area (Å²) in [5.41, 5.74) is 0. The molecular weight excluding hydrogens is 298 g/mol. The Morgan fingerprint density at radius 3 is 2.61 bits per heavy atom. The molecule has 1 N–H and O–H groups in total. The summed E-state index contributed by atoms with van der Waals surface area (Å²) in [4.78, 5) is 39.3. The number of methoxy groups -OCH3 is 1. The summed E-state index contributed by atoms with van der Waals surface area (Å²) < 4.78 is 5.10. The van der Waals surface area contributed by atoms with Crippen LogP contribution in [0.3, 0.4) is 0 Å². The third-order valence-electron chi connectivity index (χ3n) is 4.63. The van der Waals surface area contributed by atoms with Gasteiger partial charge in [0.05, 0.1) is 6.42 Å². The molecule has 0 spiro atoms. The van der Waals surface area contributed by atoms with Gasteiger partial charge < -0.3 is 15.0 Å². The van der Waals surface area contributed by atoms with E-state index in [0.717, 1.165) is 45.4 Å². The van der Waals surface area contributed by atoms with E-state index in [-0.39, 0.29) is 24.3 Å². The van der Waals surface area contributed by atoms with Gasteiger partial charge in [-0.1, -0.05) is 6.92 Å². The maximum absolute atomic E-state index is 12.4. The van der Waals surface area contributed by atoms with E-state index in [0.29, 0.717) is 12.5 Å². The molecule has 2 rings (SSSR count). The van der Waals surface area contributed by atoms with E-state index in [9.17, 15) is 14.4 Å². The number of likely N-dealkylation sites (tertiary alicyclic amines) is 1. The first-order valence-corrected chi connectivity index (χ1v) is 8.45. The zero-order valence-electron chi connectivity index (χ0n) is 14.0. The van der Waals surface area contributed by atoms with Crippen LogP contribution in [0.2, 0.25) is 0 Å². The SMILES string of the molecule is CCCN1C(=O)NC(CC(=O)N2CCC(CCOC)CC2)C1=O. The van der Waals surface area contributed by atoms with Crippen LogP contribution in [0.4, 0.5) is 4.79 Å². The Hall–Kier alpha value is -1.63. The molecule has 1 unspecified atom stereocenters. The topological polar surface area (TPSA) is 79.0 Å². The van der Waals surface area contributed by atoms with Crippen LogP contribution in [0, 0.1) is 5.92 Å². The normalized spacial score (nSPS) is 22.6. The Bertz CT molecular complexity index is 447. The maximum Gasteiger partial charge on any atom is 0.324 e. The van der Waals surface area contributed by atoms with Crippen molar-refractivity contribution in [2.45, 2.75) is 45.1 Å². The Balaban J connectivity index is 1.79. The molecule has 7 heteroatoms. The highest BCUT2D eigenvalue weighted by molar-refractivity contribution is 6.05. The van der Waals surface area contributed by atoms with Gasteiger partial charge in [-0.15, -0.1) is 0 Å². The van der Waals surface area contributed by atoms with Crippen molar-refractivity contribution in [2.24, 2.45) is 5.92 Å². The third-order valence-corrected chi connectivity index (χ3v) is 4.63. The smallest absolute Gasteiger partial charge is 0.324 e. The Morgan fingerprint density at radius 2 is 2.00 bits per heavy atom. The molecule has 0 aromatic heterocycles. The molecule has 23 heavy (non-hydrogen) atoms. The van der Waals surface area contributed by atoms with Crippen molar-refractivity contribution in [3.05, 3.63) is 0 Å². The molecule has 0 bridgehead atoms. The molecule has 2 saturated heterocycles. The number of carbonyl (C=O) groups is 3. The first-order chi connectivity index (χ1) is 11.1.